The average molecular weight is 364 g/mol. The van der Waals surface area contributed by atoms with E-state index in [1.165, 1.54) is 4.88 Å². The van der Waals surface area contributed by atoms with Gasteiger partial charge in [-0.3, -0.25) is 4.99 Å². The Hall–Kier alpha value is -2.15. The summed E-state index contributed by atoms with van der Waals surface area (Å²) in [6.45, 7) is 8.79. The summed E-state index contributed by atoms with van der Waals surface area (Å²) in [5, 5.41) is 7.43. The lowest BCUT2D eigenvalue weighted by atomic mass is 10.2. The summed E-state index contributed by atoms with van der Waals surface area (Å²) in [6, 6.07) is 5.37. The minimum Gasteiger partial charge on any atom is -0.370 e. The largest absolute Gasteiger partial charge is 0.370 e. The van der Waals surface area contributed by atoms with E-state index in [-0.39, 0.29) is 5.82 Å². The van der Waals surface area contributed by atoms with Gasteiger partial charge in [0.05, 0.1) is 12.2 Å². The molecule has 0 unspecified atom stereocenters. The molecule has 0 spiro atoms. The summed E-state index contributed by atoms with van der Waals surface area (Å²) >= 11 is 1.65. The number of aryl methyl sites for hydroxylation is 1. The third-order valence-corrected chi connectivity index (χ3v) is 4.79. The van der Waals surface area contributed by atoms with Crippen LogP contribution in [0.4, 0.5) is 10.1 Å². The van der Waals surface area contributed by atoms with Gasteiger partial charge in [0, 0.05) is 37.8 Å². The number of halogens is 1. The van der Waals surface area contributed by atoms with Gasteiger partial charge in [-0.2, -0.15) is 0 Å². The normalized spacial score (nSPS) is 11.5. The molecule has 0 bridgehead atoms. The van der Waals surface area contributed by atoms with Crippen LogP contribution in [0.2, 0.25) is 0 Å². The van der Waals surface area contributed by atoms with E-state index in [1.807, 2.05) is 44.0 Å². The van der Waals surface area contributed by atoms with Crippen LogP contribution in [0.15, 0.2) is 29.4 Å². The highest BCUT2D eigenvalue weighted by molar-refractivity contribution is 7.11. The van der Waals surface area contributed by atoms with Crippen LogP contribution in [-0.4, -0.2) is 31.1 Å². The van der Waals surface area contributed by atoms with Gasteiger partial charge in [0.15, 0.2) is 5.96 Å². The van der Waals surface area contributed by atoms with E-state index < -0.39 is 0 Å². The predicted octanol–water partition coefficient (Wildman–Crippen LogP) is 3.30. The van der Waals surface area contributed by atoms with Gasteiger partial charge in [0.25, 0.3) is 0 Å². The molecule has 0 fully saturated rings. The van der Waals surface area contributed by atoms with E-state index in [0.29, 0.717) is 24.7 Å². The molecule has 2 rings (SSSR count). The van der Waals surface area contributed by atoms with Gasteiger partial charge in [-0.1, -0.05) is 6.07 Å². The lowest BCUT2D eigenvalue weighted by molar-refractivity contribution is 0.617. The molecule has 136 valence electrons. The standard InChI is InChI=1S/C18H26FN5S/c1-5-24(6-2)16-8-7-14(9-15(16)19)11-22-18(20-4)23-12-17-21-10-13(3)25-17/h7-10H,5-6,11-12H2,1-4H3,(H2,20,22,23). The molecule has 1 aromatic heterocycles. The summed E-state index contributed by atoms with van der Waals surface area (Å²) in [5.74, 6) is 0.477. The van der Waals surface area contributed by atoms with Gasteiger partial charge in [0.1, 0.15) is 10.8 Å². The van der Waals surface area contributed by atoms with Crippen LogP contribution >= 0.6 is 11.3 Å². The maximum absolute atomic E-state index is 14.3. The number of aromatic nitrogens is 1. The van der Waals surface area contributed by atoms with Crippen molar-refractivity contribution in [3.05, 3.63) is 45.7 Å². The molecule has 25 heavy (non-hydrogen) atoms. The number of nitrogens with zero attached hydrogens (tertiary/aromatic N) is 3. The number of rotatable bonds is 7. The quantitative estimate of drug-likeness (QED) is 0.585. The molecule has 1 aromatic carbocycles. The zero-order valence-electron chi connectivity index (χ0n) is 15.3. The minimum absolute atomic E-state index is 0.191. The molecule has 5 nitrogen and oxygen atoms in total. The summed E-state index contributed by atoms with van der Waals surface area (Å²) in [6.07, 6.45) is 1.86. The van der Waals surface area contributed by atoms with Crippen molar-refractivity contribution in [1.29, 1.82) is 0 Å². The second-order valence-corrected chi connectivity index (χ2v) is 6.92. The number of hydrogen-bond acceptors (Lipinski definition) is 4. The molecule has 1 heterocycles. The molecule has 0 atom stereocenters. The highest BCUT2D eigenvalue weighted by atomic mass is 32.1. The highest BCUT2D eigenvalue weighted by Crippen LogP contribution is 2.20. The summed E-state index contributed by atoms with van der Waals surface area (Å²) in [5.41, 5.74) is 1.52. The molecular weight excluding hydrogens is 337 g/mol. The van der Waals surface area contributed by atoms with E-state index in [0.717, 1.165) is 23.7 Å². The minimum atomic E-state index is -0.191. The first kappa shape index (κ1) is 19.2. The van der Waals surface area contributed by atoms with Crippen molar-refractivity contribution >= 4 is 23.0 Å². The fourth-order valence-corrected chi connectivity index (χ4v) is 3.26. The summed E-state index contributed by atoms with van der Waals surface area (Å²) in [4.78, 5) is 11.7. The van der Waals surface area contributed by atoms with Crippen molar-refractivity contribution < 1.29 is 4.39 Å². The molecular formula is C18H26FN5S. The Morgan fingerprint density at radius 3 is 2.52 bits per heavy atom. The van der Waals surface area contributed by atoms with Gasteiger partial charge in [-0.15, -0.1) is 11.3 Å². The second-order valence-electron chi connectivity index (χ2n) is 5.60. The lowest BCUT2D eigenvalue weighted by Gasteiger charge is -2.22. The molecule has 2 N–H and O–H groups in total. The Bertz CT molecular complexity index is 709. The van der Waals surface area contributed by atoms with E-state index in [1.54, 1.807) is 24.5 Å². The lowest BCUT2D eigenvalue weighted by Crippen LogP contribution is -2.36. The summed E-state index contributed by atoms with van der Waals surface area (Å²) < 4.78 is 14.3. The van der Waals surface area contributed by atoms with Crippen LogP contribution in [0, 0.1) is 12.7 Å². The number of benzene rings is 1. The van der Waals surface area contributed by atoms with Crippen molar-refractivity contribution in [2.75, 3.05) is 25.0 Å². The van der Waals surface area contributed by atoms with Crippen molar-refractivity contribution in [1.82, 2.24) is 15.6 Å². The molecule has 0 saturated heterocycles. The van der Waals surface area contributed by atoms with Crippen molar-refractivity contribution in [3.8, 4) is 0 Å². The van der Waals surface area contributed by atoms with Crippen LogP contribution in [0.3, 0.4) is 0 Å². The molecule has 7 heteroatoms. The molecule has 0 aliphatic rings. The van der Waals surface area contributed by atoms with Gasteiger partial charge in [-0.05, 0) is 38.5 Å². The predicted molar refractivity (Wildman–Crippen MR) is 104 cm³/mol. The SMILES string of the molecule is CCN(CC)c1ccc(CNC(=NC)NCc2ncc(C)s2)cc1F. The molecule has 0 aliphatic carbocycles. The molecule has 0 radical (unpaired) electrons. The Balaban J connectivity index is 1.91. The van der Waals surface area contributed by atoms with E-state index in [4.69, 9.17) is 0 Å². The number of aliphatic imine (C=N–C) groups is 1. The molecule has 2 aromatic rings. The first-order valence-electron chi connectivity index (χ1n) is 8.46. The van der Waals surface area contributed by atoms with Crippen LogP contribution < -0.4 is 15.5 Å². The van der Waals surface area contributed by atoms with Gasteiger partial charge in [-0.25, -0.2) is 9.37 Å². The monoisotopic (exact) mass is 363 g/mol. The second kappa shape index (κ2) is 9.36. The number of hydrogen-bond donors (Lipinski definition) is 2. The number of thiazole rings is 1. The first-order valence-corrected chi connectivity index (χ1v) is 9.28. The fraction of sp³-hybridized carbons (Fsp3) is 0.444. The van der Waals surface area contributed by atoms with Crippen molar-refractivity contribution in [2.45, 2.75) is 33.9 Å². The third-order valence-electron chi connectivity index (χ3n) is 3.88. The average Bonchev–Trinajstić information content (AvgIpc) is 3.03. The summed E-state index contributed by atoms with van der Waals surface area (Å²) in [7, 11) is 1.71. The van der Waals surface area contributed by atoms with Crippen LogP contribution in [0.5, 0.6) is 0 Å². The first-order chi connectivity index (χ1) is 12.1. The van der Waals surface area contributed by atoms with Crippen molar-refractivity contribution in [3.63, 3.8) is 0 Å². The van der Waals surface area contributed by atoms with Crippen LogP contribution in [-0.2, 0) is 13.1 Å². The zero-order valence-corrected chi connectivity index (χ0v) is 16.1. The molecule has 0 saturated carbocycles. The smallest absolute Gasteiger partial charge is 0.191 e. The van der Waals surface area contributed by atoms with Crippen LogP contribution in [0.1, 0.15) is 29.3 Å². The van der Waals surface area contributed by atoms with Gasteiger partial charge < -0.3 is 15.5 Å². The Labute approximate surface area is 153 Å². The third kappa shape index (κ3) is 5.42. The van der Waals surface area contributed by atoms with E-state index in [2.05, 4.69) is 20.6 Å². The Morgan fingerprint density at radius 2 is 1.96 bits per heavy atom. The maximum atomic E-state index is 14.3. The van der Waals surface area contributed by atoms with Gasteiger partial charge in [0.2, 0.25) is 0 Å². The fourth-order valence-electron chi connectivity index (χ4n) is 2.53. The zero-order chi connectivity index (χ0) is 18.2. The molecule has 0 aliphatic heterocycles. The number of anilines is 1. The Kier molecular flexibility index (Phi) is 7.18. The topological polar surface area (TPSA) is 52.5 Å². The molecule has 0 amide bonds. The van der Waals surface area contributed by atoms with E-state index >= 15 is 0 Å². The number of guanidine groups is 1. The maximum Gasteiger partial charge on any atom is 0.191 e. The highest BCUT2D eigenvalue weighted by Gasteiger charge is 2.09. The van der Waals surface area contributed by atoms with E-state index in [9.17, 15) is 4.39 Å². The van der Waals surface area contributed by atoms with Crippen molar-refractivity contribution in [2.24, 2.45) is 4.99 Å². The number of nitrogens with one attached hydrogen (secondary N) is 2. The van der Waals surface area contributed by atoms with Crippen LogP contribution in [0.25, 0.3) is 0 Å². The van der Waals surface area contributed by atoms with Gasteiger partial charge >= 0.3 is 0 Å². The Morgan fingerprint density at radius 1 is 1.24 bits per heavy atom.